The fraction of sp³-hybridized carbons (Fsp3) is 0.474. The molecule has 1 saturated heterocycles. The van der Waals surface area contributed by atoms with Gasteiger partial charge in [-0.2, -0.15) is 4.31 Å². The maximum atomic E-state index is 12.6. The van der Waals surface area contributed by atoms with Gasteiger partial charge in [0.1, 0.15) is 11.6 Å². The highest BCUT2D eigenvalue weighted by atomic mass is 35.5. The van der Waals surface area contributed by atoms with Gasteiger partial charge in [0.2, 0.25) is 16.4 Å². The van der Waals surface area contributed by atoms with Crippen molar-refractivity contribution >= 4 is 33.9 Å². The van der Waals surface area contributed by atoms with Crippen molar-refractivity contribution in [3.63, 3.8) is 0 Å². The molecule has 2 aromatic rings. The van der Waals surface area contributed by atoms with E-state index in [4.69, 9.17) is 21.6 Å². The largest absolute Gasteiger partial charge is 0.354 e. The molecule has 1 amide bonds. The van der Waals surface area contributed by atoms with Crippen molar-refractivity contribution in [2.45, 2.75) is 25.7 Å². The number of nitrogens with one attached hydrogen (secondary N) is 1. The van der Waals surface area contributed by atoms with Crippen LogP contribution in [0.5, 0.6) is 0 Å². The van der Waals surface area contributed by atoms with Crippen LogP contribution in [0.1, 0.15) is 25.1 Å². The first kappa shape index (κ1) is 24.9. The minimum absolute atomic E-state index is 0.181. The smallest absolute Gasteiger partial charge is 0.230 e. The fourth-order valence-corrected chi connectivity index (χ4v) is 4.74. The molecule has 1 fully saturated rings. The van der Waals surface area contributed by atoms with Crippen LogP contribution in [0.4, 0.5) is 5.82 Å². The van der Waals surface area contributed by atoms with Gasteiger partial charge in [-0.1, -0.05) is 18.0 Å². The molecule has 2 N–H and O–H groups in total. The molecule has 0 atom stereocenters. The van der Waals surface area contributed by atoms with Crippen molar-refractivity contribution in [1.82, 2.24) is 24.7 Å². The number of nitrogens with zero attached hydrogens (tertiary/aromatic N) is 5. The number of anilines is 1. The molecule has 0 saturated carbocycles. The second-order valence-electron chi connectivity index (χ2n) is 6.76. The summed E-state index contributed by atoms with van der Waals surface area (Å²) < 4.78 is 26.7. The van der Waals surface area contributed by atoms with Crippen LogP contribution < -0.4 is 10.4 Å². The average Bonchev–Trinajstić information content (AvgIpc) is 2.80. The molecule has 0 aliphatic carbocycles. The number of pyridine rings is 1. The molecular formula is C19H27ClN6O4S. The second-order valence-corrected chi connectivity index (χ2v) is 9.28. The Hall–Kier alpha value is -2.34. The van der Waals surface area contributed by atoms with Crippen LogP contribution in [0.15, 0.2) is 36.8 Å². The third-order valence-corrected chi connectivity index (χ3v) is 6.82. The molecule has 0 unspecified atom stereocenters. The van der Waals surface area contributed by atoms with E-state index in [9.17, 15) is 8.42 Å². The van der Waals surface area contributed by atoms with Crippen LogP contribution in [0.25, 0.3) is 0 Å². The second kappa shape index (κ2) is 13.2. The fourth-order valence-electron chi connectivity index (χ4n) is 3.08. The summed E-state index contributed by atoms with van der Waals surface area (Å²) in [6.07, 6.45) is 8.45. The molecule has 0 bridgehead atoms. The Morgan fingerprint density at radius 3 is 2.32 bits per heavy atom. The zero-order chi connectivity index (χ0) is 22.5. The van der Waals surface area contributed by atoms with E-state index in [1.807, 2.05) is 6.07 Å². The molecule has 3 rings (SSSR count). The number of sulfonamides is 1. The van der Waals surface area contributed by atoms with Crippen molar-refractivity contribution in [3.8, 4) is 0 Å². The molecule has 0 spiro atoms. The SMILES string of the molecule is O=CNO.O=S(=O)(CCCCCc1ncccn1)N1CCN(c2ccc(Cl)cn2)CC1. The first-order chi connectivity index (χ1) is 15.0. The van der Waals surface area contributed by atoms with Crippen LogP contribution in [-0.2, 0) is 21.2 Å². The Morgan fingerprint density at radius 2 is 1.74 bits per heavy atom. The quantitative estimate of drug-likeness (QED) is 0.244. The molecule has 1 aliphatic rings. The first-order valence-electron chi connectivity index (χ1n) is 9.90. The van der Waals surface area contributed by atoms with Crippen molar-refractivity contribution < 1.29 is 18.4 Å². The van der Waals surface area contributed by atoms with Gasteiger partial charge < -0.3 is 4.90 Å². The van der Waals surface area contributed by atoms with E-state index in [-0.39, 0.29) is 12.2 Å². The predicted octanol–water partition coefficient (Wildman–Crippen LogP) is 1.51. The van der Waals surface area contributed by atoms with Gasteiger partial charge in [-0.3, -0.25) is 10.0 Å². The molecule has 3 heterocycles. The van der Waals surface area contributed by atoms with Crippen molar-refractivity contribution in [1.29, 1.82) is 0 Å². The van der Waals surface area contributed by atoms with E-state index in [1.54, 1.807) is 35.0 Å². The van der Waals surface area contributed by atoms with Crippen LogP contribution in [0.2, 0.25) is 5.02 Å². The number of hydrogen-bond donors (Lipinski definition) is 2. The number of hydrogen-bond acceptors (Lipinski definition) is 8. The van der Waals surface area contributed by atoms with Gasteiger partial charge in [0.05, 0.1) is 10.8 Å². The summed E-state index contributed by atoms with van der Waals surface area (Å²) in [7, 11) is -3.21. The molecule has 170 valence electrons. The van der Waals surface area contributed by atoms with Gasteiger partial charge in [0.15, 0.2) is 0 Å². The van der Waals surface area contributed by atoms with E-state index in [0.717, 1.165) is 30.9 Å². The lowest BCUT2D eigenvalue weighted by molar-refractivity contribution is -0.116. The Bertz CT molecular complexity index is 878. The molecule has 0 aromatic carbocycles. The highest BCUT2D eigenvalue weighted by molar-refractivity contribution is 7.89. The number of halogens is 1. The molecular weight excluding hydrogens is 444 g/mol. The lowest BCUT2D eigenvalue weighted by atomic mass is 10.2. The standard InChI is InChI=1S/C18H24ClN5O2S.CH3NO2/c19-16-6-7-18(22-15-16)23-10-12-24(13-11-23)27(25,26)14-3-1-2-5-17-20-8-4-9-21-17;3-1-2-4/h4,6-9,15H,1-3,5,10-14H2;1,4H,(H,2,3). The summed E-state index contributed by atoms with van der Waals surface area (Å²) in [5.41, 5.74) is 1.25. The van der Waals surface area contributed by atoms with E-state index >= 15 is 0 Å². The number of rotatable bonds is 9. The van der Waals surface area contributed by atoms with Gasteiger partial charge in [-0.15, -0.1) is 0 Å². The highest BCUT2D eigenvalue weighted by Gasteiger charge is 2.26. The summed E-state index contributed by atoms with van der Waals surface area (Å²) in [6.45, 7) is 2.26. The summed E-state index contributed by atoms with van der Waals surface area (Å²) in [5, 5.41) is 7.85. The summed E-state index contributed by atoms with van der Waals surface area (Å²) in [5.74, 6) is 1.84. The third kappa shape index (κ3) is 8.74. The monoisotopic (exact) mass is 470 g/mol. The molecule has 0 radical (unpaired) electrons. The van der Waals surface area contributed by atoms with E-state index < -0.39 is 10.0 Å². The Kier molecular flexibility index (Phi) is 10.6. The third-order valence-electron chi connectivity index (χ3n) is 4.64. The number of piperazine rings is 1. The predicted molar refractivity (Wildman–Crippen MR) is 117 cm³/mol. The number of aryl methyl sites for hydroxylation is 1. The van der Waals surface area contributed by atoms with Gasteiger partial charge in [-0.25, -0.2) is 28.8 Å². The van der Waals surface area contributed by atoms with Gasteiger partial charge in [0, 0.05) is 51.2 Å². The molecule has 2 aromatic heterocycles. The van der Waals surface area contributed by atoms with Crippen molar-refractivity contribution in [2.75, 3.05) is 36.8 Å². The Labute approximate surface area is 187 Å². The topological polar surface area (TPSA) is 129 Å². The average molecular weight is 471 g/mol. The Morgan fingerprint density at radius 1 is 1.06 bits per heavy atom. The highest BCUT2D eigenvalue weighted by Crippen LogP contribution is 2.18. The van der Waals surface area contributed by atoms with E-state index in [2.05, 4.69) is 19.9 Å². The number of aromatic nitrogens is 3. The number of unbranched alkanes of at least 4 members (excludes halogenated alkanes) is 2. The minimum Gasteiger partial charge on any atom is -0.354 e. The number of hydroxylamine groups is 1. The number of carbonyl (C=O) groups excluding carboxylic acids is 1. The maximum absolute atomic E-state index is 12.6. The maximum Gasteiger partial charge on any atom is 0.230 e. The van der Waals surface area contributed by atoms with Crippen LogP contribution in [0.3, 0.4) is 0 Å². The summed E-state index contributed by atoms with van der Waals surface area (Å²) >= 11 is 5.86. The van der Waals surface area contributed by atoms with Gasteiger partial charge in [-0.05, 0) is 31.0 Å². The summed E-state index contributed by atoms with van der Waals surface area (Å²) in [6, 6.07) is 5.45. The van der Waals surface area contributed by atoms with Crippen LogP contribution in [-0.4, -0.2) is 71.2 Å². The zero-order valence-corrected chi connectivity index (χ0v) is 18.7. The molecule has 10 nitrogen and oxygen atoms in total. The van der Waals surface area contributed by atoms with Crippen molar-refractivity contribution in [3.05, 3.63) is 47.6 Å². The lowest BCUT2D eigenvalue weighted by Gasteiger charge is -2.34. The van der Waals surface area contributed by atoms with E-state index in [1.165, 1.54) is 5.48 Å². The number of amides is 1. The minimum atomic E-state index is -3.21. The van der Waals surface area contributed by atoms with Gasteiger partial charge >= 0.3 is 0 Å². The molecule has 1 aliphatic heterocycles. The Balaban J connectivity index is 0.000000785. The van der Waals surface area contributed by atoms with Crippen LogP contribution in [0, 0.1) is 0 Å². The molecule has 31 heavy (non-hydrogen) atoms. The van der Waals surface area contributed by atoms with Gasteiger partial charge in [0.25, 0.3) is 0 Å². The molecule has 12 heteroatoms. The van der Waals surface area contributed by atoms with E-state index in [0.29, 0.717) is 37.6 Å². The first-order valence-corrected chi connectivity index (χ1v) is 11.9. The summed E-state index contributed by atoms with van der Waals surface area (Å²) in [4.78, 5) is 23.6. The lowest BCUT2D eigenvalue weighted by Crippen LogP contribution is -2.49. The van der Waals surface area contributed by atoms with Crippen LogP contribution >= 0.6 is 11.6 Å². The normalized spacial score (nSPS) is 14.5. The number of carbonyl (C=O) groups is 1. The van der Waals surface area contributed by atoms with Crippen molar-refractivity contribution in [2.24, 2.45) is 0 Å². The zero-order valence-electron chi connectivity index (χ0n) is 17.1.